The van der Waals surface area contributed by atoms with Crippen LogP contribution in [0.4, 0.5) is 0 Å². The van der Waals surface area contributed by atoms with Crippen LogP contribution in [0.1, 0.15) is 44.7 Å². The zero-order valence-electron chi connectivity index (χ0n) is 13.5. The molecule has 0 fully saturated rings. The van der Waals surface area contributed by atoms with Crippen LogP contribution < -0.4 is 10.5 Å². The Bertz CT molecular complexity index is 413. The van der Waals surface area contributed by atoms with Gasteiger partial charge in [-0.15, -0.1) is 0 Å². The van der Waals surface area contributed by atoms with Gasteiger partial charge in [-0.3, -0.25) is 0 Å². The summed E-state index contributed by atoms with van der Waals surface area (Å²) in [7, 11) is 1.70. The van der Waals surface area contributed by atoms with Crippen LogP contribution in [0.15, 0.2) is 18.2 Å². The van der Waals surface area contributed by atoms with E-state index >= 15 is 0 Å². The molecule has 1 aromatic carbocycles. The third kappa shape index (κ3) is 3.74. The predicted molar refractivity (Wildman–Crippen MR) is 84.3 cm³/mol. The van der Waals surface area contributed by atoms with Gasteiger partial charge in [-0.25, -0.2) is 0 Å². The largest absolute Gasteiger partial charge is 0.496 e. The minimum absolute atomic E-state index is 0.0341. The Morgan fingerprint density at radius 3 is 2.35 bits per heavy atom. The van der Waals surface area contributed by atoms with Crippen molar-refractivity contribution in [1.29, 1.82) is 0 Å². The number of aryl methyl sites for hydroxylation is 1. The number of hydrogen-bond donors (Lipinski definition) is 1. The molecule has 0 spiro atoms. The van der Waals surface area contributed by atoms with E-state index in [1.165, 1.54) is 5.56 Å². The molecule has 2 N–H and O–H groups in total. The Kier molecular flexibility index (Phi) is 6.50. The molecule has 0 radical (unpaired) electrons. The lowest BCUT2D eigenvalue weighted by molar-refractivity contribution is -0.0634. The SMILES string of the molecule is CCOC(CC)(CC)C(N)Cc1cc(C)ccc1OC. The van der Waals surface area contributed by atoms with Crippen molar-refractivity contribution in [3.05, 3.63) is 29.3 Å². The lowest BCUT2D eigenvalue weighted by Gasteiger charge is -2.37. The smallest absolute Gasteiger partial charge is 0.122 e. The molecule has 0 saturated heterocycles. The van der Waals surface area contributed by atoms with Gasteiger partial charge >= 0.3 is 0 Å². The molecule has 0 aromatic heterocycles. The summed E-state index contributed by atoms with van der Waals surface area (Å²) in [6, 6.07) is 6.19. The number of rotatable bonds is 8. The molecule has 0 heterocycles. The normalized spacial score (nSPS) is 13.3. The van der Waals surface area contributed by atoms with Gasteiger partial charge < -0.3 is 15.2 Å². The molecular weight excluding hydrogens is 250 g/mol. The van der Waals surface area contributed by atoms with E-state index in [0.29, 0.717) is 6.61 Å². The van der Waals surface area contributed by atoms with Crippen molar-refractivity contribution in [3.8, 4) is 5.75 Å². The first-order valence-electron chi connectivity index (χ1n) is 7.56. The standard InChI is InChI=1S/C17H29NO2/c1-6-17(7-2,20-8-3)16(18)12-14-11-13(4)9-10-15(14)19-5/h9-11,16H,6-8,12,18H2,1-5H3. The second kappa shape index (κ2) is 7.65. The van der Waals surface area contributed by atoms with E-state index < -0.39 is 0 Å². The van der Waals surface area contributed by atoms with E-state index in [1.807, 2.05) is 13.0 Å². The number of ether oxygens (including phenoxy) is 2. The zero-order chi connectivity index (χ0) is 15.2. The van der Waals surface area contributed by atoms with Gasteiger partial charge in [0, 0.05) is 12.6 Å². The minimum Gasteiger partial charge on any atom is -0.496 e. The van der Waals surface area contributed by atoms with Crippen LogP contribution in [-0.4, -0.2) is 25.4 Å². The van der Waals surface area contributed by atoms with Gasteiger partial charge in [0.15, 0.2) is 0 Å². The molecule has 0 saturated carbocycles. The Morgan fingerprint density at radius 2 is 1.85 bits per heavy atom. The van der Waals surface area contributed by atoms with E-state index in [4.69, 9.17) is 15.2 Å². The number of nitrogens with two attached hydrogens (primary N) is 1. The molecule has 0 amide bonds. The highest BCUT2D eigenvalue weighted by atomic mass is 16.5. The Labute approximate surface area is 123 Å². The summed E-state index contributed by atoms with van der Waals surface area (Å²) in [5.41, 5.74) is 8.62. The zero-order valence-corrected chi connectivity index (χ0v) is 13.5. The predicted octanol–water partition coefficient (Wildman–Crippen LogP) is 3.47. The minimum atomic E-state index is -0.247. The molecule has 3 nitrogen and oxygen atoms in total. The summed E-state index contributed by atoms with van der Waals surface area (Å²) in [6.07, 6.45) is 2.62. The maximum Gasteiger partial charge on any atom is 0.122 e. The summed E-state index contributed by atoms with van der Waals surface area (Å²) in [6.45, 7) is 9.10. The number of hydrogen-bond acceptors (Lipinski definition) is 3. The van der Waals surface area contributed by atoms with E-state index in [0.717, 1.165) is 30.6 Å². The Hall–Kier alpha value is -1.06. The number of benzene rings is 1. The van der Waals surface area contributed by atoms with Gasteiger partial charge in [-0.1, -0.05) is 31.5 Å². The molecular formula is C17H29NO2. The molecule has 0 aliphatic heterocycles. The van der Waals surface area contributed by atoms with E-state index in [9.17, 15) is 0 Å². The topological polar surface area (TPSA) is 44.5 Å². The lowest BCUT2D eigenvalue weighted by atomic mass is 9.84. The molecule has 1 unspecified atom stereocenters. The summed E-state index contributed by atoms with van der Waals surface area (Å²) in [4.78, 5) is 0. The first kappa shape index (κ1) is 17.0. The van der Waals surface area contributed by atoms with Crippen molar-refractivity contribution in [2.75, 3.05) is 13.7 Å². The van der Waals surface area contributed by atoms with E-state index in [-0.39, 0.29) is 11.6 Å². The Balaban J connectivity index is 2.98. The van der Waals surface area contributed by atoms with E-state index in [1.54, 1.807) is 7.11 Å². The molecule has 114 valence electrons. The van der Waals surface area contributed by atoms with Gasteiger partial charge in [-0.05, 0) is 44.7 Å². The van der Waals surface area contributed by atoms with Gasteiger partial charge in [0.25, 0.3) is 0 Å². The Morgan fingerprint density at radius 1 is 1.20 bits per heavy atom. The molecule has 0 aliphatic carbocycles. The summed E-state index contributed by atoms with van der Waals surface area (Å²) >= 11 is 0. The third-order valence-corrected chi connectivity index (χ3v) is 4.18. The first-order chi connectivity index (χ1) is 9.52. The molecule has 1 rings (SSSR count). The van der Waals surface area contributed by atoms with Crippen LogP contribution in [-0.2, 0) is 11.2 Å². The summed E-state index contributed by atoms with van der Waals surface area (Å²) in [5, 5.41) is 0. The van der Waals surface area contributed by atoms with Crippen LogP contribution in [0.3, 0.4) is 0 Å². The van der Waals surface area contributed by atoms with Crippen LogP contribution in [0.2, 0.25) is 0 Å². The van der Waals surface area contributed by atoms with Crippen LogP contribution in [0.5, 0.6) is 5.75 Å². The molecule has 20 heavy (non-hydrogen) atoms. The second-order valence-corrected chi connectivity index (χ2v) is 5.33. The van der Waals surface area contributed by atoms with Crippen molar-refractivity contribution in [3.63, 3.8) is 0 Å². The monoisotopic (exact) mass is 279 g/mol. The van der Waals surface area contributed by atoms with Gasteiger partial charge in [0.2, 0.25) is 0 Å². The average Bonchev–Trinajstić information content (AvgIpc) is 2.45. The fourth-order valence-corrected chi connectivity index (χ4v) is 2.86. The van der Waals surface area contributed by atoms with Gasteiger partial charge in [0.05, 0.1) is 12.7 Å². The summed E-state index contributed by atoms with van der Waals surface area (Å²) < 4.78 is 11.4. The van der Waals surface area contributed by atoms with Gasteiger partial charge in [0.1, 0.15) is 5.75 Å². The highest BCUT2D eigenvalue weighted by Crippen LogP contribution is 2.29. The van der Waals surface area contributed by atoms with Gasteiger partial charge in [-0.2, -0.15) is 0 Å². The highest BCUT2D eigenvalue weighted by Gasteiger charge is 2.34. The van der Waals surface area contributed by atoms with Crippen molar-refractivity contribution in [2.45, 2.75) is 58.6 Å². The third-order valence-electron chi connectivity index (χ3n) is 4.18. The maximum absolute atomic E-state index is 6.49. The van der Waals surface area contributed by atoms with Crippen molar-refractivity contribution < 1.29 is 9.47 Å². The molecule has 1 atom stereocenters. The quantitative estimate of drug-likeness (QED) is 0.792. The highest BCUT2D eigenvalue weighted by molar-refractivity contribution is 5.37. The summed E-state index contributed by atoms with van der Waals surface area (Å²) in [5.74, 6) is 0.906. The first-order valence-corrected chi connectivity index (χ1v) is 7.56. The molecule has 0 aliphatic rings. The fraction of sp³-hybridized carbons (Fsp3) is 0.647. The van der Waals surface area contributed by atoms with Crippen molar-refractivity contribution in [2.24, 2.45) is 5.73 Å². The second-order valence-electron chi connectivity index (χ2n) is 5.33. The van der Waals surface area contributed by atoms with Crippen LogP contribution in [0, 0.1) is 6.92 Å². The van der Waals surface area contributed by atoms with Crippen molar-refractivity contribution in [1.82, 2.24) is 0 Å². The molecule has 3 heteroatoms. The fourth-order valence-electron chi connectivity index (χ4n) is 2.86. The average molecular weight is 279 g/mol. The van der Waals surface area contributed by atoms with Crippen molar-refractivity contribution >= 4 is 0 Å². The van der Waals surface area contributed by atoms with Crippen LogP contribution >= 0.6 is 0 Å². The molecule has 0 bridgehead atoms. The van der Waals surface area contributed by atoms with Crippen LogP contribution in [0.25, 0.3) is 0 Å². The number of methoxy groups -OCH3 is 1. The molecule has 1 aromatic rings. The maximum atomic E-state index is 6.49. The lowest BCUT2D eigenvalue weighted by Crippen LogP contribution is -2.50. The van der Waals surface area contributed by atoms with E-state index in [2.05, 4.69) is 32.9 Å².